The van der Waals surface area contributed by atoms with Crippen molar-refractivity contribution < 1.29 is 18.1 Å². The highest BCUT2D eigenvalue weighted by molar-refractivity contribution is 7.88. The van der Waals surface area contributed by atoms with Gasteiger partial charge in [-0.2, -0.15) is 0 Å². The van der Waals surface area contributed by atoms with Gasteiger partial charge in [0.25, 0.3) is 11.6 Å². The van der Waals surface area contributed by atoms with E-state index in [0.717, 1.165) is 0 Å². The number of hydrogen-bond acceptors (Lipinski definition) is 5. The maximum absolute atomic E-state index is 12.7. The Morgan fingerprint density at radius 1 is 1.17 bits per heavy atom. The molecule has 0 saturated heterocycles. The van der Waals surface area contributed by atoms with Gasteiger partial charge in [0.15, 0.2) is 0 Å². The van der Waals surface area contributed by atoms with Gasteiger partial charge >= 0.3 is 0 Å². The van der Waals surface area contributed by atoms with Gasteiger partial charge in [0, 0.05) is 41.8 Å². The normalized spacial score (nSPS) is 11.7. The number of benzene rings is 2. The Hall–Kier alpha value is -3.24. The van der Waals surface area contributed by atoms with Gasteiger partial charge in [0.2, 0.25) is 10.0 Å². The van der Waals surface area contributed by atoms with Gasteiger partial charge in [-0.25, -0.2) is 13.1 Å². The number of sulfonamides is 1. The first-order chi connectivity index (χ1) is 14.2. The van der Waals surface area contributed by atoms with Gasteiger partial charge in [-0.15, -0.1) is 0 Å². The summed E-state index contributed by atoms with van der Waals surface area (Å²) in [5.41, 5.74) is 2.04. The van der Waals surface area contributed by atoms with Crippen molar-refractivity contribution in [1.29, 1.82) is 0 Å². The first-order valence-electron chi connectivity index (χ1n) is 9.27. The van der Waals surface area contributed by atoms with Crippen molar-refractivity contribution in [3.8, 4) is 0 Å². The monoisotopic (exact) mass is 430 g/mol. The van der Waals surface area contributed by atoms with E-state index in [1.54, 1.807) is 44.2 Å². The second-order valence-corrected chi connectivity index (χ2v) is 8.93. The first kappa shape index (κ1) is 21.5. The molecule has 1 heterocycles. The Morgan fingerprint density at radius 2 is 1.87 bits per heavy atom. The summed E-state index contributed by atoms with van der Waals surface area (Å²) in [5.74, 6) is -0.615. The standard InChI is InChI=1S/C20H22N4O5S/c1-13(2)23-30(28,29)12-15-6-4-3-5-14(15)10-22-20(25)18-11-21-19-8-7-16(24(26)27)9-17(18)19/h3-9,11,13,21,23H,10,12H2,1-2H3,(H,22,25). The molecule has 0 saturated carbocycles. The lowest BCUT2D eigenvalue weighted by Crippen LogP contribution is -2.31. The molecule has 0 spiro atoms. The Morgan fingerprint density at radius 3 is 2.53 bits per heavy atom. The fourth-order valence-corrected chi connectivity index (χ4v) is 4.65. The maximum Gasteiger partial charge on any atom is 0.270 e. The summed E-state index contributed by atoms with van der Waals surface area (Å²) in [4.78, 5) is 26.1. The van der Waals surface area contributed by atoms with Gasteiger partial charge in [0.1, 0.15) is 0 Å². The molecule has 10 heteroatoms. The lowest BCUT2D eigenvalue weighted by atomic mass is 10.1. The smallest absolute Gasteiger partial charge is 0.270 e. The number of amides is 1. The molecule has 0 fully saturated rings. The molecule has 9 nitrogen and oxygen atoms in total. The minimum Gasteiger partial charge on any atom is -0.360 e. The number of carbonyl (C=O) groups excluding carboxylic acids is 1. The van der Waals surface area contributed by atoms with E-state index < -0.39 is 20.9 Å². The van der Waals surface area contributed by atoms with Crippen LogP contribution in [0.2, 0.25) is 0 Å². The third kappa shape index (κ3) is 5.02. The zero-order valence-corrected chi connectivity index (χ0v) is 17.3. The summed E-state index contributed by atoms with van der Waals surface area (Å²) in [6.07, 6.45) is 1.49. The molecule has 0 aliphatic heterocycles. The van der Waals surface area contributed by atoms with E-state index in [9.17, 15) is 23.3 Å². The summed E-state index contributed by atoms with van der Waals surface area (Å²) in [6.45, 7) is 3.61. The van der Waals surface area contributed by atoms with Gasteiger partial charge in [0.05, 0.1) is 16.2 Å². The largest absolute Gasteiger partial charge is 0.360 e. The zero-order chi connectivity index (χ0) is 21.9. The average Bonchev–Trinajstić information content (AvgIpc) is 3.09. The molecule has 2 aromatic carbocycles. The molecule has 30 heavy (non-hydrogen) atoms. The second kappa shape index (κ2) is 8.64. The number of nitrogens with zero attached hydrogens (tertiary/aromatic N) is 1. The molecule has 1 amide bonds. The molecule has 158 valence electrons. The van der Waals surface area contributed by atoms with E-state index in [1.807, 2.05) is 0 Å². The van der Waals surface area contributed by atoms with Crippen LogP contribution in [0.1, 0.15) is 35.3 Å². The minimum atomic E-state index is -3.51. The predicted octanol–water partition coefficient (Wildman–Crippen LogP) is 2.83. The molecule has 0 atom stereocenters. The van der Waals surface area contributed by atoms with Crippen molar-refractivity contribution in [2.24, 2.45) is 0 Å². The number of aromatic nitrogens is 1. The molecule has 3 aromatic rings. The number of fused-ring (bicyclic) bond motifs is 1. The second-order valence-electron chi connectivity index (χ2n) is 7.17. The van der Waals surface area contributed by atoms with Gasteiger partial charge in [-0.3, -0.25) is 14.9 Å². The molecule has 3 rings (SSSR count). The molecule has 0 bridgehead atoms. The van der Waals surface area contributed by atoms with Crippen molar-refractivity contribution in [2.75, 3.05) is 0 Å². The van der Waals surface area contributed by atoms with E-state index in [4.69, 9.17) is 0 Å². The third-order valence-corrected chi connectivity index (χ3v) is 5.96. The fourth-order valence-electron chi connectivity index (χ4n) is 3.16. The molecule has 0 radical (unpaired) electrons. The van der Waals surface area contributed by atoms with Crippen molar-refractivity contribution in [3.05, 3.63) is 75.5 Å². The highest BCUT2D eigenvalue weighted by Crippen LogP contribution is 2.24. The molecule has 0 unspecified atom stereocenters. The van der Waals surface area contributed by atoms with Crippen LogP contribution >= 0.6 is 0 Å². The van der Waals surface area contributed by atoms with E-state index in [-0.39, 0.29) is 29.6 Å². The Kier molecular flexibility index (Phi) is 6.18. The van der Waals surface area contributed by atoms with Crippen LogP contribution in [0, 0.1) is 10.1 Å². The van der Waals surface area contributed by atoms with E-state index in [0.29, 0.717) is 22.0 Å². The number of H-pyrrole nitrogens is 1. The highest BCUT2D eigenvalue weighted by Gasteiger charge is 2.18. The summed E-state index contributed by atoms with van der Waals surface area (Å²) in [5, 5.41) is 14.2. The Bertz CT molecular complexity index is 1200. The van der Waals surface area contributed by atoms with Gasteiger partial charge < -0.3 is 10.3 Å². The zero-order valence-electron chi connectivity index (χ0n) is 16.5. The van der Waals surface area contributed by atoms with Crippen LogP contribution in [-0.4, -0.2) is 30.3 Å². The maximum atomic E-state index is 12.7. The summed E-state index contributed by atoms with van der Waals surface area (Å²) in [7, 11) is -3.51. The van der Waals surface area contributed by atoms with Gasteiger partial charge in [-0.05, 0) is 31.0 Å². The average molecular weight is 430 g/mol. The number of carbonyl (C=O) groups is 1. The third-order valence-electron chi connectivity index (χ3n) is 4.44. The summed E-state index contributed by atoms with van der Waals surface area (Å²) in [6, 6.07) is 11.0. The van der Waals surface area contributed by atoms with Crippen molar-refractivity contribution in [3.63, 3.8) is 0 Å². The lowest BCUT2D eigenvalue weighted by Gasteiger charge is -2.13. The number of non-ortho nitro benzene ring substituents is 1. The van der Waals surface area contributed by atoms with Crippen molar-refractivity contribution >= 4 is 32.5 Å². The van der Waals surface area contributed by atoms with E-state index in [2.05, 4.69) is 15.0 Å². The van der Waals surface area contributed by atoms with Gasteiger partial charge in [-0.1, -0.05) is 24.3 Å². The SMILES string of the molecule is CC(C)NS(=O)(=O)Cc1ccccc1CNC(=O)c1c[nH]c2ccc([N+](=O)[O-])cc12. The number of aromatic amines is 1. The summed E-state index contributed by atoms with van der Waals surface area (Å²) >= 11 is 0. The Balaban J connectivity index is 1.78. The quantitative estimate of drug-likeness (QED) is 0.373. The van der Waals surface area contributed by atoms with Crippen LogP contribution in [0.3, 0.4) is 0 Å². The van der Waals surface area contributed by atoms with E-state index in [1.165, 1.54) is 18.3 Å². The highest BCUT2D eigenvalue weighted by atomic mass is 32.2. The Labute approximate surface area is 173 Å². The number of rotatable bonds is 8. The topological polar surface area (TPSA) is 134 Å². The number of nitro benzene ring substituents is 1. The molecule has 0 aliphatic rings. The first-order valence-corrected chi connectivity index (χ1v) is 10.9. The predicted molar refractivity (Wildman–Crippen MR) is 113 cm³/mol. The molecule has 0 aliphatic carbocycles. The summed E-state index contributed by atoms with van der Waals surface area (Å²) < 4.78 is 27.1. The molecule has 3 N–H and O–H groups in total. The van der Waals surface area contributed by atoms with Crippen LogP contribution < -0.4 is 10.0 Å². The van der Waals surface area contributed by atoms with E-state index >= 15 is 0 Å². The minimum absolute atomic E-state index is 0.107. The number of nitrogens with one attached hydrogen (secondary N) is 3. The van der Waals surface area contributed by atoms with Crippen LogP contribution in [0.5, 0.6) is 0 Å². The van der Waals surface area contributed by atoms with Crippen molar-refractivity contribution in [2.45, 2.75) is 32.2 Å². The molecule has 1 aromatic heterocycles. The molecular formula is C20H22N4O5S. The van der Waals surface area contributed by atoms with Crippen LogP contribution in [0.15, 0.2) is 48.7 Å². The van der Waals surface area contributed by atoms with Crippen LogP contribution in [0.25, 0.3) is 10.9 Å². The number of hydrogen-bond donors (Lipinski definition) is 3. The number of nitro groups is 1. The van der Waals surface area contributed by atoms with Crippen molar-refractivity contribution in [1.82, 2.24) is 15.0 Å². The van der Waals surface area contributed by atoms with Crippen LogP contribution in [0.4, 0.5) is 5.69 Å². The molecular weight excluding hydrogens is 408 g/mol. The van der Waals surface area contributed by atoms with Crippen LogP contribution in [-0.2, 0) is 22.3 Å². The lowest BCUT2D eigenvalue weighted by molar-refractivity contribution is -0.384. The fraction of sp³-hybridized carbons (Fsp3) is 0.250.